The molecular formula is C31H33NO3. The molecule has 0 unspecified atom stereocenters. The third-order valence-electron chi connectivity index (χ3n) is 7.01. The monoisotopic (exact) mass is 467 g/mol. The van der Waals surface area contributed by atoms with E-state index in [4.69, 9.17) is 14.1 Å². The molecular weight excluding hydrogens is 434 g/mol. The summed E-state index contributed by atoms with van der Waals surface area (Å²) in [5.74, 6) is 3.31. The number of aryl methyl sites for hydroxylation is 1. The summed E-state index contributed by atoms with van der Waals surface area (Å²) in [7, 11) is 0. The number of phenols is 1. The molecule has 180 valence electrons. The molecule has 1 N–H and O–H groups in total. The van der Waals surface area contributed by atoms with E-state index in [1.165, 1.54) is 43.2 Å². The zero-order valence-electron chi connectivity index (χ0n) is 20.4. The van der Waals surface area contributed by atoms with Gasteiger partial charge in [-0.25, -0.2) is 4.98 Å². The van der Waals surface area contributed by atoms with Gasteiger partial charge in [0.25, 0.3) is 0 Å². The number of ether oxygens (including phenoxy) is 1. The maximum atomic E-state index is 10.0. The summed E-state index contributed by atoms with van der Waals surface area (Å²) in [6, 6.07) is 24.1. The molecule has 0 amide bonds. The molecule has 4 nitrogen and oxygen atoms in total. The van der Waals surface area contributed by atoms with Gasteiger partial charge in [0.1, 0.15) is 17.3 Å². The van der Waals surface area contributed by atoms with E-state index in [0.29, 0.717) is 30.6 Å². The average Bonchev–Trinajstić information content (AvgIpc) is 3.27. The Morgan fingerprint density at radius 3 is 2.37 bits per heavy atom. The lowest BCUT2D eigenvalue weighted by molar-refractivity contribution is 0.307. The van der Waals surface area contributed by atoms with Crippen molar-refractivity contribution in [1.82, 2.24) is 4.98 Å². The smallest absolute Gasteiger partial charge is 0.226 e. The topological polar surface area (TPSA) is 55.5 Å². The quantitative estimate of drug-likeness (QED) is 0.288. The molecule has 4 aromatic rings. The first-order chi connectivity index (χ1) is 17.2. The highest BCUT2D eigenvalue weighted by Crippen LogP contribution is 2.32. The molecule has 1 fully saturated rings. The van der Waals surface area contributed by atoms with E-state index >= 15 is 0 Å². The van der Waals surface area contributed by atoms with Crippen LogP contribution in [0.5, 0.6) is 11.5 Å². The Labute approximate surface area is 207 Å². The van der Waals surface area contributed by atoms with Crippen LogP contribution in [0, 0.1) is 12.8 Å². The molecule has 35 heavy (non-hydrogen) atoms. The first-order valence-electron chi connectivity index (χ1n) is 12.7. The number of aromatic hydroxyl groups is 1. The highest BCUT2D eigenvalue weighted by Gasteiger charge is 2.17. The Morgan fingerprint density at radius 1 is 0.886 bits per heavy atom. The van der Waals surface area contributed by atoms with Crippen LogP contribution in [0.1, 0.15) is 49.1 Å². The van der Waals surface area contributed by atoms with Crippen molar-refractivity contribution in [3.63, 3.8) is 0 Å². The summed E-state index contributed by atoms with van der Waals surface area (Å²) in [6.07, 6.45) is 8.13. The predicted molar refractivity (Wildman–Crippen MR) is 140 cm³/mol. The van der Waals surface area contributed by atoms with Gasteiger partial charge in [-0.05, 0) is 66.3 Å². The van der Waals surface area contributed by atoms with E-state index < -0.39 is 0 Å². The molecule has 0 bridgehead atoms. The van der Waals surface area contributed by atoms with Gasteiger partial charge in [-0.3, -0.25) is 0 Å². The fourth-order valence-electron chi connectivity index (χ4n) is 5.05. The molecule has 0 saturated heterocycles. The van der Waals surface area contributed by atoms with Gasteiger partial charge in [0.15, 0.2) is 0 Å². The summed E-state index contributed by atoms with van der Waals surface area (Å²) in [5.41, 5.74) is 5.35. The fourth-order valence-corrected chi connectivity index (χ4v) is 5.05. The minimum Gasteiger partial charge on any atom is -0.508 e. The van der Waals surface area contributed by atoms with Gasteiger partial charge in [-0.2, -0.15) is 0 Å². The second-order valence-electron chi connectivity index (χ2n) is 9.56. The zero-order chi connectivity index (χ0) is 24.0. The molecule has 1 heterocycles. The van der Waals surface area contributed by atoms with Crippen molar-refractivity contribution in [2.45, 2.75) is 51.9 Å². The number of aromatic nitrogens is 1. The number of hydrogen-bond acceptors (Lipinski definition) is 4. The molecule has 0 atom stereocenters. The van der Waals surface area contributed by atoms with Crippen molar-refractivity contribution in [1.29, 1.82) is 0 Å². The number of oxazole rings is 1. The molecule has 0 spiro atoms. The standard InChI is InChI=1S/C31H33NO3/c1-22-29(32-31(35-22)26-14-12-25(13-15-26)24-10-6-3-7-11-24)18-19-34-30-17-16-28(33)21-27(30)20-23-8-4-2-5-9-23/h3,6-7,10-17,21,23,33H,2,4-5,8-9,18-20H2,1H3. The first-order valence-corrected chi connectivity index (χ1v) is 12.7. The number of hydrogen-bond donors (Lipinski definition) is 1. The second kappa shape index (κ2) is 10.8. The lowest BCUT2D eigenvalue weighted by Gasteiger charge is -2.22. The molecule has 3 aromatic carbocycles. The third kappa shape index (κ3) is 5.76. The summed E-state index contributed by atoms with van der Waals surface area (Å²) in [4.78, 5) is 4.76. The van der Waals surface area contributed by atoms with Gasteiger partial charge in [0.05, 0.1) is 12.3 Å². The minimum atomic E-state index is 0.304. The lowest BCUT2D eigenvalue weighted by Crippen LogP contribution is -2.11. The highest BCUT2D eigenvalue weighted by atomic mass is 16.5. The Bertz CT molecular complexity index is 1240. The van der Waals surface area contributed by atoms with E-state index in [1.54, 1.807) is 6.07 Å². The van der Waals surface area contributed by atoms with E-state index in [9.17, 15) is 5.11 Å². The van der Waals surface area contributed by atoms with Crippen LogP contribution in [-0.4, -0.2) is 16.7 Å². The SMILES string of the molecule is Cc1oc(-c2ccc(-c3ccccc3)cc2)nc1CCOc1ccc(O)cc1CC1CCCCC1. The Morgan fingerprint density at radius 2 is 1.60 bits per heavy atom. The molecule has 0 aliphatic heterocycles. The molecule has 1 saturated carbocycles. The number of benzene rings is 3. The van der Waals surface area contributed by atoms with E-state index in [1.807, 2.05) is 37.3 Å². The normalized spacial score (nSPS) is 14.2. The summed E-state index contributed by atoms with van der Waals surface area (Å²) < 4.78 is 12.2. The van der Waals surface area contributed by atoms with Crippen LogP contribution in [-0.2, 0) is 12.8 Å². The van der Waals surface area contributed by atoms with Gasteiger partial charge >= 0.3 is 0 Å². The lowest BCUT2D eigenvalue weighted by atomic mass is 9.84. The van der Waals surface area contributed by atoms with Crippen molar-refractivity contribution in [2.24, 2.45) is 5.92 Å². The van der Waals surface area contributed by atoms with Crippen LogP contribution >= 0.6 is 0 Å². The number of phenolic OH excluding ortho intramolecular Hbond substituents is 1. The Balaban J connectivity index is 1.23. The van der Waals surface area contributed by atoms with Gasteiger partial charge in [-0.1, -0.05) is 74.6 Å². The second-order valence-corrected chi connectivity index (χ2v) is 9.56. The summed E-state index contributed by atoms with van der Waals surface area (Å²) in [6.45, 7) is 2.47. The van der Waals surface area contributed by atoms with Crippen LogP contribution < -0.4 is 4.74 Å². The van der Waals surface area contributed by atoms with Crippen molar-refractivity contribution in [3.05, 3.63) is 89.8 Å². The maximum Gasteiger partial charge on any atom is 0.226 e. The summed E-state index contributed by atoms with van der Waals surface area (Å²) in [5, 5.41) is 10.0. The summed E-state index contributed by atoms with van der Waals surface area (Å²) >= 11 is 0. The molecule has 4 heteroatoms. The van der Waals surface area contributed by atoms with Crippen molar-refractivity contribution >= 4 is 0 Å². The van der Waals surface area contributed by atoms with Crippen molar-refractivity contribution in [3.8, 4) is 34.1 Å². The van der Waals surface area contributed by atoms with Crippen LogP contribution in [0.15, 0.2) is 77.2 Å². The molecule has 0 radical (unpaired) electrons. The van der Waals surface area contributed by atoms with Gasteiger partial charge in [-0.15, -0.1) is 0 Å². The first kappa shape index (κ1) is 23.2. The van der Waals surface area contributed by atoms with Crippen LogP contribution in [0.2, 0.25) is 0 Å². The maximum absolute atomic E-state index is 10.0. The van der Waals surface area contributed by atoms with E-state index in [0.717, 1.165) is 34.8 Å². The molecule has 1 aliphatic rings. The highest BCUT2D eigenvalue weighted by molar-refractivity contribution is 5.67. The van der Waals surface area contributed by atoms with Crippen molar-refractivity contribution < 1.29 is 14.3 Å². The van der Waals surface area contributed by atoms with Crippen LogP contribution in [0.4, 0.5) is 0 Å². The molecule has 5 rings (SSSR count). The third-order valence-corrected chi connectivity index (χ3v) is 7.01. The molecule has 1 aromatic heterocycles. The zero-order valence-corrected chi connectivity index (χ0v) is 20.4. The Kier molecular flexibility index (Phi) is 7.17. The minimum absolute atomic E-state index is 0.304. The predicted octanol–water partition coefficient (Wildman–Crippen LogP) is 7.77. The number of rotatable bonds is 8. The van der Waals surface area contributed by atoms with Crippen LogP contribution in [0.25, 0.3) is 22.6 Å². The average molecular weight is 468 g/mol. The molecule has 1 aliphatic carbocycles. The van der Waals surface area contributed by atoms with E-state index in [2.05, 4.69) is 36.4 Å². The van der Waals surface area contributed by atoms with Gasteiger partial charge < -0.3 is 14.3 Å². The van der Waals surface area contributed by atoms with E-state index in [-0.39, 0.29) is 0 Å². The fraction of sp³-hybridized carbons (Fsp3) is 0.323. The largest absolute Gasteiger partial charge is 0.508 e. The van der Waals surface area contributed by atoms with Gasteiger partial charge in [0, 0.05) is 12.0 Å². The number of nitrogens with zero attached hydrogens (tertiary/aromatic N) is 1. The van der Waals surface area contributed by atoms with Crippen LogP contribution in [0.3, 0.4) is 0 Å². The Hall–Kier alpha value is -3.53. The van der Waals surface area contributed by atoms with Crippen molar-refractivity contribution in [2.75, 3.05) is 6.61 Å². The van der Waals surface area contributed by atoms with Gasteiger partial charge in [0.2, 0.25) is 5.89 Å².